The topological polar surface area (TPSA) is 137 Å². The van der Waals surface area contributed by atoms with Crippen molar-refractivity contribution in [2.75, 3.05) is 0 Å². The molecule has 0 atom stereocenters. The van der Waals surface area contributed by atoms with Crippen LogP contribution in [-0.2, 0) is 10.1 Å². The van der Waals surface area contributed by atoms with Gasteiger partial charge in [-0.25, -0.2) is 8.42 Å². The number of rotatable bonds is 3. The van der Waals surface area contributed by atoms with Gasteiger partial charge in [-0.15, -0.1) is 0 Å². The summed E-state index contributed by atoms with van der Waals surface area (Å²) in [7, 11) is -5.01. The van der Waals surface area contributed by atoms with Crippen LogP contribution >= 0.6 is 0 Å². The van der Waals surface area contributed by atoms with E-state index < -0.39 is 38.1 Å². The van der Waals surface area contributed by atoms with Crippen molar-refractivity contribution in [3.05, 3.63) is 29.3 Å². The van der Waals surface area contributed by atoms with Crippen LogP contribution in [0.5, 0.6) is 0 Å². The first kappa shape index (κ1) is 25.0. The minimum absolute atomic E-state index is 0. The van der Waals surface area contributed by atoms with E-state index in [1.807, 2.05) is 0 Å². The second kappa shape index (κ2) is 9.91. The third kappa shape index (κ3) is 7.05. The maximum Gasteiger partial charge on any atom is 1.00 e. The molecular formula is C8H3Na3O7S. The molecule has 19 heavy (non-hydrogen) atoms. The SMILES string of the molecule is O=C([O-])c1ccc(S(=O)(=O)[O-])c(C(=O)[O-])c1.[Na+].[Na+].[Na+]. The molecule has 0 spiro atoms. The van der Waals surface area contributed by atoms with Crippen molar-refractivity contribution in [2.45, 2.75) is 4.90 Å². The van der Waals surface area contributed by atoms with Gasteiger partial charge in [0.05, 0.1) is 16.8 Å². The van der Waals surface area contributed by atoms with Gasteiger partial charge in [-0.05, 0) is 17.7 Å². The Morgan fingerprint density at radius 3 is 1.74 bits per heavy atom. The molecule has 0 saturated carbocycles. The molecule has 0 N–H and O–H groups in total. The first-order valence-corrected chi connectivity index (χ1v) is 5.17. The van der Waals surface area contributed by atoms with Gasteiger partial charge in [-0.3, -0.25) is 0 Å². The van der Waals surface area contributed by atoms with Crippen molar-refractivity contribution < 1.29 is 121 Å². The summed E-state index contributed by atoms with van der Waals surface area (Å²) in [5.74, 6) is -3.66. The molecule has 1 aromatic carbocycles. The first-order chi connectivity index (χ1) is 7.23. The Bertz CT molecular complexity index is 570. The van der Waals surface area contributed by atoms with E-state index in [4.69, 9.17) is 0 Å². The van der Waals surface area contributed by atoms with Gasteiger partial charge in [0.15, 0.2) is 0 Å². The van der Waals surface area contributed by atoms with Crippen LogP contribution in [0.15, 0.2) is 23.1 Å². The van der Waals surface area contributed by atoms with Crippen molar-refractivity contribution in [3.8, 4) is 0 Å². The van der Waals surface area contributed by atoms with E-state index in [0.717, 1.165) is 6.07 Å². The Morgan fingerprint density at radius 1 is 0.947 bits per heavy atom. The van der Waals surface area contributed by atoms with Crippen LogP contribution in [0, 0.1) is 0 Å². The predicted molar refractivity (Wildman–Crippen MR) is 43.1 cm³/mol. The summed E-state index contributed by atoms with van der Waals surface area (Å²) in [4.78, 5) is 19.9. The summed E-state index contributed by atoms with van der Waals surface area (Å²) in [5, 5.41) is 20.9. The zero-order chi connectivity index (χ0) is 12.5. The molecule has 0 bridgehead atoms. The number of benzene rings is 1. The average molecular weight is 312 g/mol. The molecule has 7 nitrogen and oxygen atoms in total. The normalized spacial score (nSPS) is 9.32. The quantitative estimate of drug-likeness (QED) is 0.399. The summed E-state index contributed by atoms with van der Waals surface area (Å²) >= 11 is 0. The molecule has 11 heteroatoms. The third-order valence-corrected chi connectivity index (χ3v) is 2.60. The molecule has 0 unspecified atom stereocenters. The van der Waals surface area contributed by atoms with Crippen LogP contribution in [0.1, 0.15) is 20.7 Å². The molecule has 0 fully saturated rings. The smallest absolute Gasteiger partial charge is 0.744 e. The maximum absolute atomic E-state index is 10.6. The number of carboxylic acids is 2. The van der Waals surface area contributed by atoms with Gasteiger partial charge in [0.25, 0.3) is 0 Å². The van der Waals surface area contributed by atoms with Crippen LogP contribution in [0.3, 0.4) is 0 Å². The molecule has 86 valence electrons. The summed E-state index contributed by atoms with van der Waals surface area (Å²) in [5.41, 5.74) is -1.57. The number of carbonyl (C=O) groups excluding carboxylic acids is 2. The summed E-state index contributed by atoms with van der Waals surface area (Å²) < 4.78 is 31.9. The van der Waals surface area contributed by atoms with E-state index in [1.54, 1.807) is 0 Å². The Morgan fingerprint density at radius 2 is 1.42 bits per heavy atom. The van der Waals surface area contributed by atoms with E-state index in [0.29, 0.717) is 12.1 Å². The number of carbonyl (C=O) groups is 2. The van der Waals surface area contributed by atoms with Gasteiger partial charge in [-0.1, -0.05) is 6.07 Å². The first-order valence-electron chi connectivity index (χ1n) is 3.76. The molecule has 1 aromatic rings. The molecule has 0 heterocycles. The van der Waals surface area contributed by atoms with E-state index in [-0.39, 0.29) is 88.7 Å². The van der Waals surface area contributed by atoms with E-state index in [1.165, 1.54) is 0 Å². The number of hydrogen-bond donors (Lipinski definition) is 0. The van der Waals surface area contributed by atoms with Crippen LogP contribution in [0.25, 0.3) is 0 Å². The van der Waals surface area contributed by atoms with Gasteiger partial charge in [0.1, 0.15) is 10.1 Å². The third-order valence-electron chi connectivity index (χ3n) is 1.70. The van der Waals surface area contributed by atoms with Crippen LogP contribution in [-0.4, -0.2) is 24.9 Å². The van der Waals surface area contributed by atoms with Crippen molar-refractivity contribution in [1.29, 1.82) is 0 Å². The minimum Gasteiger partial charge on any atom is -0.744 e. The molecule has 0 saturated heterocycles. The van der Waals surface area contributed by atoms with Crippen LogP contribution in [0.4, 0.5) is 0 Å². The van der Waals surface area contributed by atoms with Gasteiger partial charge < -0.3 is 24.4 Å². The fourth-order valence-electron chi connectivity index (χ4n) is 1.03. The van der Waals surface area contributed by atoms with Crippen molar-refractivity contribution in [3.63, 3.8) is 0 Å². The summed E-state index contributed by atoms with van der Waals surface area (Å²) in [6.07, 6.45) is 0. The summed E-state index contributed by atoms with van der Waals surface area (Å²) in [6.45, 7) is 0. The second-order valence-corrected chi connectivity index (χ2v) is 4.09. The zero-order valence-electron chi connectivity index (χ0n) is 10.5. The molecule has 0 aliphatic carbocycles. The minimum atomic E-state index is -5.01. The Hall–Kier alpha value is 1.07. The molecule has 1 rings (SSSR count). The fourth-order valence-corrected chi connectivity index (χ4v) is 1.68. The Balaban J connectivity index is -0.000000853. The van der Waals surface area contributed by atoms with Crippen molar-refractivity contribution in [2.24, 2.45) is 0 Å². The fraction of sp³-hybridized carbons (Fsp3) is 0. The van der Waals surface area contributed by atoms with Crippen LogP contribution in [0.2, 0.25) is 0 Å². The maximum atomic E-state index is 10.6. The average Bonchev–Trinajstić information content (AvgIpc) is 2.15. The molecule has 0 aromatic heterocycles. The second-order valence-electron chi connectivity index (χ2n) is 2.74. The molecule has 0 radical (unpaired) electrons. The standard InChI is InChI=1S/C8H6O7S.3Na/c9-7(10)4-1-2-6(16(13,14)15)5(3-4)8(11)12;;;/h1-3H,(H,9,10)(H,11,12)(H,13,14,15);;;/q;3*+1/p-3. The monoisotopic (exact) mass is 312 g/mol. The van der Waals surface area contributed by atoms with Gasteiger partial charge in [0.2, 0.25) is 0 Å². The van der Waals surface area contributed by atoms with E-state index >= 15 is 0 Å². The van der Waals surface area contributed by atoms with Gasteiger partial charge in [-0.2, -0.15) is 0 Å². The Kier molecular flexibility index (Phi) is 13.1. The number of aromatic carboxylic acids is 2. The molecular weight excluding hydrogens is 309 g/mol. The van der Waals surface area contributed by atoms with E-state index in [2.05, 4.69) is 0 Å². The predicted octanol–water partition coefficient (Wildman–Crippen LogP) is -11.7. The zero-order valence-corrected chi connectivity index (χ0v) is 17.3. The number of carboxylic acid groups (broad SMARTS) is 2. The largest absolute Gasteiger partial charge is 1.00 e. The van der Waals surface area contributed by atoms with Gasteiger partial charge >= 0.3 is 88.7 Å². The van der Waals surface area contributed by atoms with Crippen molar-refractivity contribution >= 4 is 22.1 Å². The number of hydrogen-bond acceptors (Lipinski definition) is 7. The molecule has 0 amide bonds. The Labute approximate surface area is 175 Å². The molecule has 0 aliphatic heterocycles. The summed E-state index contributed by atoms with van der Waals surface area (Å²) in [6, 6.07) is 1.83. The van der Waals surface area contributed by atoms with Crippen molar-refractivity contribution in [1.82, 2.24) is 0 Å². The molecule has 0 aliphatic rings. The van der Waals surface area contributed by atoms with Crippen LogP contribution < -0.4 is 98.9 Å². The van der Waals surface area contributed by atoms with Gasteiger partial charge in [0, 0.05) is 5.56 Å². The van der Waals surface area contributed by atoms with E-state index in [9.17, 15) is 32.8 Å².